The van der Waals surface area contributed by atoms with Gasteiger partial charge in [0.15, 0.2) is 5.16 Å². The van der Waals surface area contributed by atoms with Crippen LogP contribution in [0, 0.1) is 0 Å². The summed E-state index contributed by atoms with van der Waals surface area (Å²) in [5.41, 5.74) is 1.46. The monoisotopic (exact) mass is 363 g/mol. The third kappa shape index (κ3) is 5.08. The molecule has 0 aliphatic carbocycles. The lowest BCUT2D eigenvalue weighted by Crippen LogP contribution is -2.36. The molecule has 2 saturated heterocycles. The molecule has 25 heavy (non-hydrogen) atoms. The molecule has 2 aliphatic heterocycles. The van der Waals surface area contributed by atoms with Gasteiger partial charge in [-0.15, -0.1) is 10.2 Å². The molecule has 0 amide bonds. The van der Waals surface area contributed by atoms with Gasteiger partial charge >= 0.3 is 0 Å². The zero-order valence-corrected chi connectivity index (χ0v) is 16.9. The number of piperidine rings is 1. The van der Waals surface area contributed by atoms with Crippen LogP contribution in [-0.2, 0) is 7.05 Å². The zero-order valence-electron chi connectivity index (χ0n) is 16.1. The minimum absolute atomic E-state index is 0.517. The van der Waals surface area contributed by atoms with Crippen LogP contribution < -0.4 is 0 Å². The van der Waals surface area contributed by atoms with Crippen LogP contribution in [0.15, 0.2) is 16.8 Å². The summed E-state index contributed by atoms with van der Waals surface area (Å²) < 4.78 is 2.24. The Morgan fingerprint density at radius 2 is 1.92 bits per heavy atom. The first-order valence-corrected chi connectivity index (χ1v) is 10.7. The Morgan fingerprint density at radius 1 is 1.16 bits per heavy atom. The first kappa shape index (κ1) is 18.9. The predicted octanol–water partition coefficient (Wildman–Crippen LogP) is 3.15. The minimum Gasteiger partial charge on any atom is -0.309 e. The van der Waals surface area contributed by atoms with Gasteiger partial charge in [0.25, 0.3) is 0 Å². The molecule has 3 rings (SSSR count). The van der Waals surface area contributed by atoms with E-state index >= 15 is 0 Å². The fourth-order valence-electron chi connectivity index (χ4n) is 3.93. The predicted molar refractivity (Wildman–Crippen MR) is 105 cm³/mol. The summed E-state index contributed by atoms with van der Waals surface area (Å²) in [6.07, 6.45) is 7.44. The Kier molecular flexibility index (Phi) is 6.96. The lowest BCUT2D eigenvalue weighted by Gasteiger charge is -2.32. The summed E-state index contributed by atoms with van der Waals surface area (Å²) in [5, 5.41) is 10.1. The van der Waals surface area contributed by atoms with Gasteiger partial charge < -0.3 is 9.47 Å². The Balaban J connectivity index is 1.54. The highest BCUT2D eigenvalue weighted by Crippen LogP contribution is 2.28. The van der Waals surface area contributed by atoms with Crippen molar-refractivity contribution in [3.8, 4) is 0 Å². The third-order valence-corrected chi connectivity index (χ3v) is 6.54. The Labute approximate surface area is 156 Å². The molecule has 0 saturated carbocycles. The highest BCUT2D eigenvalue weighted by atomic mass is 32.2. The average Bonchev–Trinajstić information content (AvgIpc) is 3.26. The van der Waals surface area contributed by atoms with Gasteiger partial charge in [-0.05, 0) is 59.2 Å². The van der Waals surface area contributed by atoms with E-state index in [9.17, 15) is 0 Å². The van der Waals surface area contributed by atoms with Gasteiger partial charge in [-0.1, -0.05) is 23.4 Å². The summed E-state index contributed by atoms with van der Waals surface area (Å²) in [6.45, 7) is 11.5. The van der Waals surface area contributed by atoms with Gasteiger partial charge in [0.2, 0.25) is 0 Å². The molecule has 0 unspecified atom stereocenters. The van der Waals surface area contributed by atoms with Crippen molar-refractivity contribution in [3.05, 3.63) is 17.5 Å². The van der Waals surface area contributed by atoms with Gasteiger partial charge in [-0.2, -0.15) is 0 Å². The fraction of sp³-hybridized carbons (Fsp3) is 0.789. The molecule has 5 nitrogen and oxygen atoms in total. The molecule has 3 heterocycles. The minimum atomic E-state index is 0.517. The summed E-state index contributed by atoms with van der Waals surface area (Å²) in [6, 6.07) is 0. The Bertz CT molecular complexity index is 576. The Hall–Kier alpha value is -0.850. The molecule has 2 aliphatic rings. The van der Waals surface area contributed by atoms with E-state index in [2.05, 4.69) is 51.5 Å². The first-order valence-electron chi connectivity index (χ1n) is 9.76. The number of aromatic nitrogens is 3. The second kappa shape index (κ2) is 9.19. The Morgan fingerprint density at radius 3 is 2.68 bits per heavy atom. The fourth-order valence-corrected chi connectivity index (χ4v) is 4.85. The first-order chi connectivity index (χ1) is 12.2. The summed E-state index contributed by atoms with van der Waals surface area (Å²) in [7, 11) is 2.14. The largest absolute Gasteiger partial charge is 0.309 e. The SMILES string of the molecule is C/C=C(\C)CN1CCC[C@@H](c2nnc(SCCN3CCCC3)n2C)C1. The van der Waals surface area contributed by atoms with E-state index in [0.29, 0.717) is 5.92 Å². The standard InChI is InChI=1S/C19H33N5S/c1-4-16(2)14-24-11-7-8-17(15-24)18-20-21-19(22(18)3)25-13-12-23-9-5-6-10-23/h4,17H,5-15H2,1-3H3/b16-4+/t17-/m1/s1. The molecule has 1 aromatic rings. The van der Waals surface area contributed by atoms with Crippen LogP contribution >= 0.6 is 11.8 Å². The number of likely N-dealkylation sites (tertiary alicyclic amines) is 2. The number of nitrogens with zero attached hydrogens (tertiary/aromatic N) is 5. The van der Waals surface area contributed by atoms with Crippen LogP contribution in [0.25, 0.3) is 0 Å². The highest BCUT2D eigenvalue weighted by Gasteiger charge is 2.26. The maximum absolute atomic E-state index is 4.56. The van der Waals surface area contributed by atoms with E-state index in [1.165, 1.54) is 63.3 Å². The smallest absolute Gasteiger partial charge is 0.191 e. The van der Waals surface area contributed by atoms with Gasteiger partial charge in [0.05, 0.1) is 0 Å². The van der Waals surface area contributed by atoms with Crippen molar-refractivity contribution >= 4 is 11.8 Å². The number of rotatable bonds is 7. The molecular weight excluding hydrogens is 330 g/mol. The lowest BCUT2D eigenvalue weighted by molar-refractivity contribution is 0.217. The number of thioether (sulfide) groups is 1. The van der Waals surface area contributed by atoms with Crippen molar-refractivity contribution in [1.29, 1.82) is 0 Å². The van der Waals surface area contributed by atoms with E-state index in [0.717, 1.165) is 24.0 Å². The molecule has 0 spiro atoms. The number of allylic oxidation sites excluding steroid dienone is 1. The molecule has 0 N–H and O–H groups in total. The van der Waals surface area contributed by atoms with Crippen molar-refractivity contribution in [2.75, 3.05) is 45.0 Å². The zero-order chi connectivity index (χ0) is 17.6. The van der Waals surface area contributed by atoms with Crippen LogP contribution in [0.5, 0.6) is 0 Å². The number of hydrogen-bond acceptors (Lipinski definition) is 5. The van der Waals surface area contributed by atoms with Crippen LogP contribution in [0.3, 0.4) is 0 Å². The van der Waals surface area contributed by atoms with E-state index in [1.54, 1.807) is 0 Å². The van der Waals surface area contributed by atoms with Crippen LogP contribution in [0.1, 0.15) is 51.3 Å². The topological polar surface area (TPSA) is 37.2 Å². The van der Waals surface area contributed by atoms with E-state index in [4.69, 9.17) is 0 Å². The normalized spacial score (nSPS) is 23.5. The third-order valence-electron chi connectivity index (χ3n) is 5.54. The maximum atomic E-state index is 4.56. The van der Waals surface area contributed by atoms with E-state index < -0.39 is 0 Å². The summed E-state index contributed by atoms with van der Waals surface area (Å²) in [5.74, 6) is 2.80. The average molecular weight is 364 g/mol. The van der Waals surface area contributed by atoms with Crippen molar-refractivity contribution in [2.24, 2.45) is 7.05 Å². The number of hydrogen-bond donors (Lipinski definition) is 0. The molecular formula is C19H33N5S. The molecule has 1 atom stereocenters. The van der Waals surface area contributed by atoms with Crippen molar-refractivity contribution in [2.45, 2.75) is 50.6 Å². The van der Waals surface area contributed by atoms with Crippen LogP contribution in [0.4, 0.5) is 0 Å². The van der Waals surface area contributed by atoms with Gasteiger partial charge in [-0.3, -0.25) is 4.90 Å². The molecule has 2 fully saturated rings. The summed E-state index contributed by atoms with van der Waals surface area (Å²) >= 11 is 1.86. The molecule has 0 radical (unpaired) electrons. The quantitative estimate of drug-likeness (QED) is 0.549. The van der Waals surface area contributed by atoms with Crippen molar-refractivity contribution < 1.29 is 0 Å². The summed E-state index contributed by atoms with van der Waals surface area (Å²) in [4.78, 5) is 5.13. The molecule has 0 aromatic carbocycles. The highest BCUT2D eigenvalue weighted by molar-refractivity contribution is 7.99. The second-order valence-electron chi connectivity index (χ2n) is 7.51. The van der Waals surface area contributed by atoms with Crippen molar-refractivity contribution in [1.82, 2.24) is 24.6 Å². The van der Waals surface area contributed by atoms with Gasteiger partial charge in [0, 0.05) is 38.4 Å². The van der Waals surface area contributed by atoms with E-state index in [-0.39, 0.29) is 0 Å². The molecule has 6 heteroatoms. The molecule has 1 aromatic heterocycles. The lowest BCUT2D eigenvalue weighted by atomic mass is 9.97. The van der Waals surface area contributed by atoms with Crippen molar-refractivity contribution in [3.63, 3.8) is 0 Å². The maximum Gasteiger partial charge on any atom is 0.191 e. The van der Waals surface area contributed by atoms with Gasteiger partial charge in [0.1, 0.15) is 5.82 Å². The molecule has 140 valence electrons. The molecule has 0 bridgehead atoms. The van der Waals surface area contributed by atoms with Crippen LogP contribution in [-0.4, -0.2) is 69.6 Å². The van der Waals surface area contributed by atoms with Crippen LogP contribution in [0.2, 0.25) is 0 Å². The van der Waals surface area contributed by atoms with Gasteiger partial charge in [-0.25, -0.2) is 0 Å². The second-order valence-corrected chi connectivity index (χ2v) is 8.57. The van der Waals surface area contributed by atoms with E-state index in [1.807, 2.05) is 11.8 Å².